The largest absolute Gasteiger partial charge is 0.362 e. The van der Waals surface area contributed by atoms with Gasteiger partial charge >= 0.3 is 0 Å². The summed E-state index contributed by atoms with van der Waals surface area (Å²) in [6.45, 7) is 3.66. The summed E-state index contributed by atoms with van der Waals surface area (Å²) in [5.74, 6) is 0.00803. The molecule has 4 heteroatoms. The maximum absolute atomic E-state index is 11.4. The third-order valence-corrected chi connectivity index (χ3v) is 2.55. The molecule has 0 aromatic heterocycles. The van der Waals surface area contributed by atoms with E-state index in [9.17, 15) is 4.79 Å². The van der Waals surface area contributed by atoms with E-state index in [2.05, 4.69) is 5.32 Å². The molecule has 3 N–H and O–H groups in total. The zero-order valence-corrected chi connectivity index (χ0v) is 9.86. The van der Waals surface area contributed by atoms with Gasteiger partial charge in [0.1, 0.15) is 0 Å². The van der Waals surface area contributed by atoms with E-state index >= 15 is 0 Å². The molecule has 1 rings (SSSR count). The summed E-state index contributed by atoms with van der Waals surface area (Å²) >= 11 is 0. The van der Waals surface area contributed by atoms with Gasteiger partial charge in [0.2, 0.25) is 5.91 Å². The Morgan fingerprint density at radius 3 is 2.69 bits per heavy atom. The number of nitrogens with one attached hydrogen (secondary N) is 1. The van der Waals surface area contributed by atoms with Crippen LogP contribution in [0.25, 0.3) is 0 Å². The van der Waals surface area contributed by atoms with Crippen LogP contribution in [-0.4, -0.2) is 26.0 Å². The zero-order valence-electron chi connectivity index (χ0n) is 9.86. The van der Waals surface area contributed by atoms with Crippen LogP contribution in [-0.2, 0) is 11.3 Å². The Morgan fingerprint density at radius 2 is 2.12 bits per heavy atom. The number of carbonyl (C=O) groups excluding carboxylic acids is 1. The lowest BCUT2D eigenvalue weighted by atomic mass is 10.1. The number of nitrogens with zero attached hydrogens (tertiary/aromatic N) is 1. The summed E-state index contributed by atoms with van der Waals surface area (Å²) in [7, 11) is 1.64. The van der Waals surface area contributed by atoms with Gasteiger partial charge in [0.25, 0.3) is 0 Å². The van der Waals surface area contributed by atoms with Crippen molar-refractivity contribution in [3.8, 4) is 0 Å². The molecule has 0 unspecified atom stereocenters. The van der Waals surface area contributed by atoms with E-state index in [-0.39, 0.29) is 5.91 Å². The Bertz CT molecular complexity index is 352. The summed E-state index contributed by atoms with van der Waals surface area (Å²) in [6.07, 6.45) is 0. The summed E-state index contributed by atoms with van der Waals surface area (Å²) < 4.78 is 0. The van der Waals surface area contributed by atoms with Crippen LogP contribution in [0.2, 0.25) is 0 Å². The van der Waals surface area contributed by atoms with Gasteiger partial charge in [0, 0.05) is 25.8 Å². The van der Waals surface area contributed by atoms with E-state index in [4.69, 9.17) is 5.73 Å². The highest BCUT2D eigenvalue weighted by Gasteiger charge is 2.11. The number of likely N-dealkylation sites (N-methyl/N-ethyl adjacent to an activating group) is 2. The molecule has 88 valence electrons. The van der Waals surface area contributed by atoms with Gasteiger partial charge in [-0.05, 0) is 18.6 Å². The average Bonchev–Trinajstić information content (AvgIpc) is 2.35. The minimum absolute atomic E-state index is 0.00803. The lowest BCUT2D eigenvalue weighted by molar-refractivity contribution is -0.119. The fourth-order valence-electron chi connectivity index (χ4n) is 1.61. The number of hydrogen-bond acceptors (Lipinski definition) is 3. The lowest BCUT2D eigenvalue weighted by Crippen LogP contribution is -2.36. The fourth-order valence-corrected chi connectivity index (χ4v) is 1.61. The first-order chi connectivity index (χ1) is 7.72. The highest BCUT2D eigenvalue weighted by atomic mass is 16.1. The molecule has 0 aliphatic heterocycles. The maximum Gasteiger partial charge on any atom is 0.239 e. The molecule has 0 spiro atoms. The third-order valence-electron chi connectivity index (χ3n) is 2.55. The van der Waals surface area contributed by atoms with Crippen molar-refractivity contribution in [2.45, 2.75) is 13.5 Å². The van der Waals surface area contributed by atoms with E-state index in [0.29, 0.717) is 13.1 Å². The SMILES string of the molecule is CCN(CC(=O)NC)c1ccccc1CN. The van der Waals surface area contributed by atoms with Crippen molar-refractivity contribution in [1.82, 2.24) is 5.32 Å². The van der Waals surface area contributed by atoms with E-state index in [1.54, 1.807) is 7.05 Å². The molecule has 1 amide bonds. The zero-order chi connectivity index (χ0) is 12.0. The normalized spacial score (nSPS) is 9.94. The standard InChI is InChI=1S/C12H19N3O/c1-3-15(9-12(16)14-2)11-7-5-4-6-10(11)8-13/h4-7H,3,8-9,13H2,1-2H3,(H,14,16). The van der Waals surface area contributed by atoms with Crippen molar-refractivity contribution in [3.05, 3.63) is 29.8 Å². The van der Waals surface area contributed by atoms with Crippen LogP contribution >= 0.6 is 0 Å². The molecular weight excluding hydrogens is 202 g/mol. The topological polar surface area (TPSA) is 58.4 Å². The Kier molecular flexibility index (Phi) is 4.79. The van der Waals surface area contributed by atoms with Gasteiger partial charge in [0.15, 0.2) is 0 Å². The molecule has 4 nitrogen and oxygen atoms in total. The second kappa shape index (κ2) is 6.12. The van der Waals surface area contributed by atoms with Crippen LogP contribution in [0.5, 0.6) is 0 Å². The van der Waals surface area contributed by atoms with Gasteiger partial charge in [-0.2, -0.15) is 0 Å². The molecule has 0 saturated carbocycles. The number of rotatable bonds is 5. The number of anilines is 1. The van der Waals surface area contributed by atoms with E-state index in [1.807, 2.05) is 36.1 Å². The van der Waals surface area contributed by atoms with Crippen LogP contribution in [0.3, 0.4) is 0 Å². The van der Waals surface area contributed by atoms with Gasteiger partial charge in [0.05, 0.1) is 6.54 Å². The predicted octanol–water partition coefficient (Wildman–Crippen LogP) is 0.718. The monoisotopic (exact) mass is 221 g/mol. The van der Waals surface area contributed by atoms with Gasteiger partial charge in [-0.3, -0.25) is 4.79 Å². The number of amides is 1. The first-order valence-electron chi connectivity index (χ1n) is 5.46. The summed E-state index contributed by atoms with van der Waals surface area (Å²) in [6, 6.07) is 7.90. The number of para-hydroxylation sites is 1. The van der Waals surface area contributed by atoms with Gasteiger partial charge in [-0.15, -0.1) is 0 Å². The minimum atomic E-state index is 0.00803. The van der Waals surface area contributed by atoms with Crippen molar-refractivity contribution in [2.75, 3.05) is 25.0 Å². The van der Waals surface area contributed by atoms with Crippen molar-refractivity contribution in [3.63, 3.8) is 0 Å². The van der Waals surface area contributed by atoms with Crippen LogP contribution in [0.1, 0.15) is 12.5 Å². The smallest absolute Gasteiger partial charge is 0.239 e. The molecular formula is C12H19N3O. The fraction of sp³-hybridized carbons (Fsp3) is 0.417. The molecule has 0 aliphatic rings. The number of nitrogens with two attached hydrogens (primary N) is 1. The quantitative estimate of drug-likeness (QED) is 0.770. The van der Waals surface area contributed by atoms with Crippen molar-refractivity contribution >= 4 is 11.6 Å². The summed E-state index contributed by atoms with van der Waals surface area (Å²) in [4.78, 5) is 13.4. The van der Waals surface area contributed by atoms with Gasteiger partial charge < -0.3 is 16.0 Å². The molecule has 0 bridgehead atoms. The number of carbonyl (C=O) groups is 1. The van der Waals surface area contributed by atoms with Crippen LogP contribution < -0.4 is 16.0 Å². The Balaban J connectivity index is 2.89. The van der Waals surface area contributed by atoms with Crippen LogP contribution in [0, 0.1) is 0 Å². The molecule has 16 heavy (non-hydrogen) atoms. The summed E-state index contributed by atoms with van der Waals surface area (Å²) in [5.41, 5.74) is 7.78. The van der Waals surface area contributed by atoms with Crippen molar-refractivity contribution in [1.29, 1.82) is 0 Å². The van der Waals surface area contributed by atoms with E-state index < -0.39 is 0 Å². The number of hydrogen-bond donors (Lipinski definition) is 2. The second-order valence-electron chi connectivity index (χ2n) is 3.52. The lowest BCUT2D eigenvalue weighted by Gasteiger charge is -2.24. The van der Waals surface area contributed by atoms with E-state index in [0.717, 1.165) is 17.8 Å². The van der Waals surface area contributed by atoms with Crippen LogP contribution in [0.15, 0.2) is 24.3 Å². The molecule has 0 fully saturated rings. The minimum Gasteiger partial charge on any atom is -0.362 e. The molecule has 0 aliphatic carbocycles. The third kappa shape index (κ3) is 2.97. The molecule has 1 aromatic carbocycles. The van der Waals surface area contributed by atoms with E-state index in [1.165, 1.54) is 0 Å². The Labute approximate surface area is 96.4 Å². The Morgan fingerprint density at radius 1 is 1.44 bits per heavy atom. The first-order valence-corrected chi connectivity index (χ1v) is 5.46. The maximum atomic E-state index is 11.4. The molecule has 0 atom stereocenters. The second-order valence-corrected chi connectivity index (χ2v) is 3.52. The first kappa shape index (κ1) is 12.5. The van der Waals surface area contributed by atoms with Crippen molar-refractivity contribution < 1.29 is 4.79 Å². The highest BCUT2D eigenvalue weighted by Crippen LogP contribution is 2.19. The summed E-state index contributed by atoms with van der Waals surface area (Å²) in [5, 5.41) is 2.63. The molecule has 0 saturated heterocycles. The predicted molar refractivity (Wildman–Crippen MR) is 66.3 cm³/mol. The van der Waals surface area contributed by atoms with Crippen molar-refractivity contribution in [2.24, 2.45) is 5.73 Å². The highest BCUT2D eigenvalue weighted by molar-refractivity contribution is 5.81. The number of benzene rings is 1. The molecule has 0 radical (unpaired) electrons. The van der Waals surface area contributed by atoms with Crippen LogP contribution in [0.4, 0.5) is 5.69 Å². The average molecular weight is 221 g/mol. The molecule has 1 aromatic rings. The van der Waals surface area contributed by atoms with Gasteiger partial charge in [-0.1, -0.05) is 18.2 Å². The Hall–Kier alpha value is -1.55. The molecule has 0 heterocycles. The van der Waals surface area contributed by atoms with Gasteiger partial charge in [-0.25, -0.2) is 0 Å².